The number of hydrogen-bond acceptors (Lipinski definition) is 8. The molecule has 0 radical (unpaired) electrons. The van der Waals surface area contributed by atoms with E-state index in [4.69, 9.17) is 18.9 Å². The van der Waals surface area contributed by atoms with Crippen molar-refractivity contribution in [3.8, 4) is 17.1 Å². The number of esters is 1. The third kappa shape index (κ3) is 4.88. The molecule has 31 heavy (non-hydrogen) atoms. The largest absolute Gasteiger partial charge is 0.491 e. The van der Waals surface area contributed by atoms with E-state index in [1.807, 2.05) is 26.1 Å². The number of carbonyl (C=O) groups excluding carboxylic acids is 1. The van der Waals surface area contributed by atoms with Crippen molar-refractivity contribution in [1.29, 1.82) is 0 Å². The molecule has 9 nitrogen and oxygen atoms in total. The molecule has 1 aliphatic carbocycles. The third-order valence-corrected chi connectivity index (χ3v) is 6.14. The Hall–Kier alpha value is -2.52. The van der Waals surface area contributed by atoms with Crippen LogP contribution in [0, 0.1) is 18.8 Å². The van der Waals surface area contributed by atoms with Crippen molar-refractivity contribution in [2.45, 2.75) is 51.9 Å². The predicted octanol–water partition coefficient (Wildman–Crippen LogP) is 2.81. The zero-order valence-electron chi connectivity index (χ0n) is 18.4. The summed E-state index contributed by atoms with van der Waals surface area (Å²) in [6.07, 6.45) is 4.76. The molecule has 4 rings (SSSR count). The van der Waals surface area contributed by atoms with Crippen molar-refractivity contribution in [3.63, 3.8) is 0 Å². The van der Waals surface area contributed by atoms with Crippen molar-refractivity contribution >= 4 is 5.97 Å². The first-order valence-corrected chi connectivity index (χ1v) is 10.9. The van der Waals surface area contributed by atoms with Gasteiger partial charge in [-0.3, -0.25) is 4.79 Å². The average molecular weight is 431 g/mol. The maximum atomic E-state index is 11.7. The van der Waals surface area contributed by atoms with E-state index in [-0.39, 0.29) is 24.1 Å². The minimum Gasteiger partial charge on any atom is -0.491 e. The first kappa shape index (κ1) is 21.7. The number of methoxy groups -OCH3 is 1. The Bertz CT molecular complexity index is 909. The monoisotopic (exact) mass is 430 g/mol. The Morgan fingerprint density at radius 1 is 1.26 bits per heavy atom. The molecule has 2 aliphatic rings. The lowest BCUT2D eigenvalue weighted by molar-refractivity contribution is -0.169. The summed E-state index contributed by atoms with van der Waals surface area (Å²) in [6, 6.07) is 3.78. The highest BCUT2D eigenvalue weighted by molar-refractivity contribution is 5.73. The number of carbonyl (C=O) groups is 1. The molecule has 168 valence electrons. The molecular formula is C22H30N4O5. The molecule has 9 heteroatoms. The Balaban J connectivity index is 1.40. The smallest absolute Gasteiger partial charge is 0.309 e. The number of aromatic nitrogens is 4. The second-order valence-corrected chi connectivity index (χ2v) is 8.17. The zero-order valence-corrected chi connectivity index (χ0v) is 18.4. The molecule has 1 saturated heterocycles. The number of ether oxygens (including phenoxy) is 4. The quantitative estimate of drug-likeness (QED) is 0.590. The Labute approximate surface area is 182 Å². The second-order valence-electron chi connectivity index (χ2n) is 8.17. The van der Waals surface area contributed by atoms with E-state index < -0.39 is 0 Å². The number of hydrogen-bond donors (Lipinski definition) is 0. The maximum absolute atomic E-state index is 11.7. The molecule has 2 fully saturated rings. The summed E-state index contributed by atoms with van der Waals surface area (Å²) in [7, 11) is 3.27. The summed E-state index contributed by atoms with van der Waals surface area (Å²) in [5.74, 6) is 0.683. The molecule has 1 saturated carbocycles. The van der Waals surface area contributed by atoms with Crippen LogP contribution < -0.4 is 4.74 Å². The summed E-state index contributed by atoms with van der Waals surface area (Å²) in [5, 5.41) is 8.44. The van der Waals surface area contributed by atoms with Gasteiger partial charge in [0, 0.05) is 19.6 Å². The number of pyridine rings is 1. The van der Waals surface area contributed by atoms with Gasteiger partial charge in [-0.2, -0.15) is 0 Å². The lowest BCUT2D eigenvalue weighted by atomic mass is 9.74. The third-order valence-electron chi connectivity index (χ3n) is 6.14. The van der Waals surface area contributed by atoms with E-state index in [1.165, 1.54) is 7.11 Å². The van der Waals surface area contributed by atoms with Crippen molar-refractivity contribution in [2.24, 2.45) is 18.9 Å². The van der Waals surface area contributed by atoms with Crippen LogP contribution in [0.15, 0.2) is 12.1 Å². The fraction of sp³-hybridized carbons (Fsp3) is 0.636. The van der Waals surface area contributed by atoms with Gasteiger partial charge in [-0.05, 0) is 51.2 Å². The molecule has 0 aromatic carbocycles. The van der Waals surface area contributed by atoms with Crippen LogP contribution in [0.5, 0.6) is 5.75 Å². The van der Waals surface area contributed by atoms with Crippen LogP contribution >= 0.6 is 0 Å². The molecule has 2 aromatic heterocycles. The van der Waals surface area contributed by atoms with Crippen molar-refractivity contribution in [3.05, 3.63) is 23.5 Å². The molecule has 3 atom stereocenters. The molecule has 0 N–H and O–H groups in total. The molecule has 3 heterocycles. The van der Waals surface area contributed by atoms with Gasteiger partial charge in [-0.25, -0.2) is 9.67 Å². The molecule has 0 bridgehead atoms. The van der Waals surface area contributed by atoms with Gasteiger partial charge >= 0.3 is 5.97 Å². The molecule has 0 amide bonds. The summed E-state index contributed by atoms with van der Waals surface area (Å²) >= 11 is 0. The van der Waals surface area contributed by atoms with E-state index in [2.05, 4.69) is 15.3 Å². The van der Waals surface area contributed by atoms with Crippen LogP contribution in [-0.2, 0) is 32.7 Å². The first-order valence-electron chi connectivity index (χ1n) is 10.9. The van der Waals surface area contributed by atoms with Crippen molar-refractivity contribution in [1.82, 2.24) is 20.0 Å². The summed E-state index contributed by atoms with van der Waals surface area (Å²) in [5.41, 5.74) is 3.03. The molecule has 1 aliphatic heterocycles. The fourth-order valence-corrected chi connectivity index (χ4v) is 4.01. The van der Waals surface area contributed by atoms with Gasteiger partial charge < -0.3 is 18.9 Å². The van der Waals surface area contributed by atoms with Gasteiger partial charge in [-0.1, -0.05) is 5.21 Å². The van der Waals surface area contributed by atoms with Gasteiger partial charge in [0.25, 0.3) is 0 Å². The average Bonchev–Trinajstić information content (AvgIpc) is 3.13. The highest BCUT2D eigenvalue weighted by Gasteiger charge is 2.37. The lowest BCUT2D eigenvalue weighted by Crippen LogP contribution is -2.37. The highest BCUT2D eigenvalue weighted by atomic mass is 16.7. The highest BCUT2D eigenvalue weighted by Crippen LogP contribution is 2.36. The SMILES string of the molecule is COC(=O)C1CCC1COc1ccc(-c2nnn(C)c2COC2CCCCO2)nc1C. The van der Waals surface area contributed by atoms with Gasteiger partial charge in [0.2, 0.25) is 0 Å². The molecule has 2 aromatic rings. The minimum absolute atomic E-state index is 0.0622. The van der Waals surface area contributed by atoms with Gasteiger partial charge in [-0.15, -0.1) is 5.10 Å². The number of aryl methyl sites for hydroxylation is 2. The fourth-order valence-electron chi connectivity index (χ4n) is 4.01. The van der Waals surface area contributed by atoms with Crippen LogP contribution in [0.3, 0.4) is 0 Å². The zero-order chi connectivity index (χ0) is 21.8. The van der Waals surface area contributed by atoms with Crippen LogP contribution in [-0.4, -0.2) is 52.6 Å². The van der Waals surface area contributed by atoms with Crippen LogP contribution in [0.4, 0.5) is 0 Å². The van der Waals surface area contributed by atoms with Crippen molar-refractivity contribution in [2.75, 3.05) is 20.3 Å². The lowest BCUT2D eigenvalue weighted by Gasteiger charge is -2.34. The number of rotatable bonds is 8. The first-order chi connectivity index (χ1) is 15.1. The Morgan fingerprint density at radius 2 is 2.13 bits per heavy atom. The van der Waals surface area contributed by atoms with E-state index in [1.54, 1.807) is 4.68 Å². The standard InChI is InChI=1S/C22H30N4O5/c1-14-19(30-12-15-7-8-16(15)22(27)28-3)10-9-17(23-14)21-18(26(2)25-24-21)13-31-20-6-4-5-11-29-20/h9-10,15-16,20H,4-8,11-13H2,1-3H3. The summed E-state index contributed by atoms with van der Waals surface area (Å²) in [4.78, 5) is 16.4. The summed E-state index contributed by atoms with van der Waals surface area (Å²) < 4.78 is 24.1. The number of nitrogens with zero attached hydrogens (tertiary/aromatic N) is 4. The molecule has 0 spiro atoms. The normalized spacial score (nSPS) is 23.3. The molecular weight excluding hydrogens is 400 g/mol. The maximum Gasteiger partial charge on any atom is 0.309 e. The van der Waals surface area contributed by atoms with E-state index in [9.17, 15) is 4.79 Å². The van der Waals surface area contributed by atoms with Crippen molar-refractivity contribution < 1.29 is 23.7 Å². The van der Waals surface area contributed by atoms with E-state index in [0.717, 1.165) is 55.8 Å². The van der Waals surface area contributed by atoms with Crippen LogP contribution in [0.1, 0.15) is 43.5 Å². The summed E-state index contributed by atoms with van der Waals surface area (Å²) in [6.45, 7) is 3.48. The minimum atomic E-state index is -0.178. The van der Waals surface area contributed by atoms with Gasteiger partial charge in [0.1, 0.15) is 11.4 Å². The Kier molecular flexibility index (Phi) is 6.82. The van der Waals surface area contributed by atoms with E-state index in [0.29, 0.717) is 24.7 Å². The second kappa shape index (κ2) is 9.74. The van der Waals surface area contributed by atoms with Crippen LogP contribution in [0.2, 0.25) is 0 Å². The molecule has 3 unspecified atom stereocenters. The Morgan fingerprint density at radius 3 is 2.81 bits per heavy atom. The van der Waals surface area contributed by atoms with E-state index >= 15 is 0 Å². The topological polar surface area (TPSA) is 97.6 Å². The van der Waals surface area contributed by atoms with Gasteiger partial charge in [0.15, 0.2) is 6.29 Å². The van der Waals surface area contributed by atoms with Crippen LogP contribution in [0.25, 0.3) is 11.4 Å². The van der Waals surface area contributed by atoms with Gasteiger partial charge in [0.05, 0.1) is 43.3 Å². The predicted molar refractivity (Wildman–Crippen MR) is 111 cm³/mol.